The molecule has 0 aliphatic rings. The number of nitrogens with zero attached hydrogens (tertiary/aromatic N) is 2. The summed E-state index contributed by atoms with van der Waals surface area (Å²) in [5.74, 6) is 1.30. The Kier molecular flexibility index (Phi) is 4.36. The van der Waals surface area contributed by atoms with Gasteiger partial charge in [0.05, 0.1) is 15.8 Å². The number of hydrogen-bond acceptors (Lipinski definition) is 3. The lowest BCUT2D eigenvalue weighted by Crippen LogP contribution is -2.36. The average molecular weight is 329 g/mol. The van der Waals surface area contributed by atoms with E-state index in [1.807, 2.05) is 29.7 Å². The van der Waals surface area contributed by atoms with Gasteiger partial charge >= 0.3 is 0 Å². The van der Waals surface area contributed by atoms with E-state index in [2.05, 4.69) is 4.98 Å². The molecule has 0 aliphatic carbocycles. The van der Waals surface area contributed by atoms with E-state index in [1.165, 1.54) is 6.26 Å². The molecule has 2 aromatic rings. The molecule has 1 aromatic heterocycles. The summed E-state index contributed by atoms with van der Waals surface area (Å²) in [6, 6.07) is 5.92. The molecule has 0 fully saturated rings. The Bertz CT molecular complexity index is 763. The van der Waals surface area contributed by atoms with Crippen molar-refractivity contribution < 1.29 is 8.42 Å². The number of imidazole rings is 1. The molecule has 0 aliphatic heterocycles. The summed E-state index contributed by atoms with van der Waals surface area (Å²) in [7, 11) is -3.17. The summed E-state index contributed by atoms with van der Waals surface area (Å²) in [6.07, 6.45) is 1.90. The predicted octanol–water partition coefficient (Wildman–Crippen LogP) is 2.95. The molecule has 0 bridgehead atoms. The fraction of sp³-hybridized carbons (Fsp3) is 0.533. The molecule has 1 aromatic carbocycles. The molecule has 0 atom stereocenters. The molecule has 116 valence electrons. The second kappa shape index (κ2) is 5.61. The van der Waals surface area contributed by atoms with Crippen LogP contribution >= 0.6 is 11.6 Å². The van der Waals surface area contributed by atoms with Gasteiger partial charge < -0.3 is 4.57 Å². The SMILES string of the molecule is Cc1cccc2nc(CCCl)n(CC(C)(C)S(C)(=O)=O)c12. The molecule has 1 heterocycles. The first-order valence-corrected chi connectivity index (χ1v) is 9.30. The van der Waals surface area contributed by atoms with Crippen LogP contribution in [0.1, 0.15) is 25.2 Å². The van der Waals surface area contributed by atoms with E-state index in [0.717, 1.165) is 22.4 Å². The minimum atomic E-state index is -3.17. The van der Waals surface area contributed by atoms with Crippen LogP contribution in [-0.4, -0.2) is 34.9 Å². The number of halogens is 1. The van der Waals surface area contributed by atoms with Crippen LogP contribution in [0.2, 0.25) is 0 Å². The molecule has 6 heteroatoms. The van der Waals surface area contributed by atoms with Crippen LogP contribution in [0.15, 0.2) is 18.2 Å². The highest BCUT2D eigenvalue weighted by molar-refractivity contribution is 7.92. The smallest absolute Gasteiger partial charge is 0.154 e. The first-order chi connectivity index (χ1) is 9.67. The number of rotatable bonds is 5. The van der Waals surface area contributed by atoms with E-state index in [9.17, 15) is 8.42 Å². The Morgan fingerprint density at radius 1 is 1.33 bits per heavy atom. The van der Waals surface area contributed by atoms with Gasteiger partial charge in [-0.3, -0.25) is 0 Å². The van der Waals surface area contributed by atoms with Gasteiger partial charge in [0.2, 0.25) is 0 Å². The molecule has 2 rings (SSSR count). The lowest BCUT2D eigenvalue weighted by Gasteiger charge is -2.24. The van der Waals surface area contributed by atoms with Crippen molar-refractivity contribution in [3.8, 4) is 0 Å². The largest absolute Gasteiger partial charge is 0.326 e. The van der Waals surface area contributed by atoms with Crippen LogP contribution in [0, 0.1) is 6.92 Å². The van der Waals surface area contributed by atoms with E-state index in [4.69, 9.17) is 11.6 Å². The van der Waals surface area contributed by atoms with Gasteiger partial charge in [-0.05, 0) is 32.4 Å². The van der Waals surface area contributed by atoms with Crippen LogP contribution in [0.3, 0.4) is 0 Å². The van der Waals surface area contributed by atoms with Gasteiger partial charge in [0.25, 0.3) is 0 Å². The van der Waals surface area contributed by atoms with Crippen molar-refractivity contribution in [3.63, 3.8) is 0 Å². The number of para-hydroxylation sites is 1. The highest BCUT2D eigenvalue weighted by Gasteiger charge is 2.32. The Morgan fingerprint density at radius 2 is 2.00 bits per heavy atom. The van der Waals surface area contributed by atoms with Gasteiger partial charge in [0, 0.05) is 25.1 Å². The van der Waals surface area contributed by atoms with Crippen LogP contribution in [0.4, 0.5) is 0 Å². The second-order valence-electron chi connectivity index (χ2n) is 6.03. The van der Waals surface area contributed by atoms with E-state index < -0.39 is 14.6 Å². The Hall–Kier alpha value is -1.07. The molecule has 0 saturated heterocycles. The number of alkyl halides is 1. The van der Waals surface area contributed by atoms with Crippen molar-refractivity contribution >= 4 is 32.5 Å². The lowest BCUT2D eigenvalue weighted by molar-refractivity contribution is 0.500. The molecule has 0 amide bonds. The van der Waals surface area contributed by atoms with Crippen molar-refractivity contribution in [2.45, 2.75) is 38.5 Å². The minimum Gasteiger partial charge on any atom is -0.326 e. The monoisotopic (exact) mass is 328 g/mol. The number of hydrogen-bond donors (Lipinski definition) is 0. The summed E-state index contributed by atoms with van der Waals surface area (Å²) in [5.41, 5.74) is 2.97. The second-order valence-corrected chi connectivity index (χ2v) is 9.06. The van der Waals surface area contributed by atoms with Gasteiger partial charge in [-0.1, -0.05) is 12.1 Å². The Morgan fingerprint density at radius 3 is 2.57 bits per heavy atom. The van der Waals surface area contributed by atoms with Gasteiger partial charge in [-0.25, -0.2) is 13.4 Å². The molecular formula is C15H21ClN2O2S. The van der Waals surface area contributed by atoms with E-state index in [-0.39, 0.29) is 0 Å². The third kappa shape index (κ3) is 3.09. The first kappa shape index (κ1) is 16.3. The topological polar surface area (TPSA) is 52.0 Å². The van der Waals surface area contributed by atoms with Crippen molar-refractivity contribution in [1.29, 1.82) is 0 Å². The molecule has 0 unspecified atom stereocenters. The normalized spacial score (nSPS) is 13.0. The van der Waals surface area contributed by atoms with Gasteiger partial charge in [0.1, 0.15) is 5.82 Å². The molecule has 0 saturated carbocycles. The van der Waals surface area contributed by atoms with Gasteiger partial charge in [-0.15, -0.1) is 11.6 Å². The summed E-state index contributed by atoms with van der Waals surface area (Å²) < 4.78 is 25.2. The van der Waals surface area contributed by atoms with E-state index >= 15 is 0 Å². The highest BCUT2D eigenvalue weighted by Crippen LogP contribution is 2.26. The molecule has 0 spiro atoms. The Labute approximate surface area is 131 Å². The minimum absolute atomic E-state index is 0.374. The number of sulfone groups is 1. The third-order valence-electron chi connectivity index (χ3n) is 3.91. The highest BCUT2D eigenvalue weighted by atomic mass is 35.5. The Balaban J connectivity index is 2.63. The van der Waals surface area contributed by atoms with Crippen LogP contribution in [-0.2, 0) is 22.8 Å². The third-order valence-corrected chi connectivity index (χ3v) is 6.23. The number of aromatic nitrogens is 2. The standard InChI is InChI=1S/C15H21ClN2O2S/c1-11-6-5-7-12-14(11)18(13(17-12)8-9-16)10-15(2,3)21(4,19)20/h5-7H,8-10H2,1-4H3. The first-order valence-electron chi connectivity index (χ1n) is 6.87. The number of fused-ring (bicyclic) bond motifs is 1. The van der Waals surface area contributed by atoms with Crippen molar-refractivity contribution in [3.05, 3.63) is 29.6 Å². The van der Waals surface area contributed by atoms with Gasteiger partial charge in [-0.2, -0.15) is 0 Å². The van der Waals surface area contributed by atoms with E-state index in [1.54, 1.807) is 13.8 Å². The summed E-state index contributed by atoms with van der Waals surface area (Å²) >= 11 is 5.86. The van der Waals surface area contributed by atoms with E-state index in [0.29, 0.717) is 18.8 Å². The predicted molar refractivity (Wildman–Crippen MR) is 87.8 cm³/mol. The zero-order chi connectivity index (χ0) is 15.8. The number of benzene rings is 1. The molecule has 4 nitrogen and oxygen atoms in total. The van der Waals surface area contributed by atoms with Crippen molar-refractivity contribution in [2.24, 2.45) is 0 Å². The maximum Gasteiger partial charge on any atom is 0.154 e. The zero-order valence-electron chi connectivity index (χ0n) is 12.9. The van der Waals surface area contributed by atoms with Crippen molar-refractivity contribution in [2.75, 3.05) is 12.1 Å². The fourth-order valence-corrected chi connectivity index (χ4v) is 2.89. The average Bonchev–Trinajstić information content (AvgIpc) is 2.67. The fourth-order valence-electron chi connectivity index (χ4n) is 2.36. The number of aryl methyl sites for hydroxylation is 2. The lowest BCUT2D eigenvalue weighted by atomic mass is 10.1. The maximum absolute atomic E-state index is 12.0. The maximum atomic E-state index is 12.0. The van der Waals surface area contributed by atoms with Crippen LogP contribution in [0.5, 0.6) is 0 Å². The van der Waals surface area contributed by atoms with Gasteiger partial charge in [0.15, 0.2) is 9.84 Å². The van der Waals surface area contributed by atoms with Crippen LogP contribution < -0.4 is 0 Å². The molecular weight excluding hydrogens is 308 g/mol. The van der Waals surface area contributed by atoms with Crippen LogP contribution in [0.25, 0.3) is 11.0 Å². The summed E-state index contributed by atoms with van der Waals surface area (Å²) in [4.78, 5) is 4.61. The molecule has 0 radical (unpaired) electrons. The summed E-state index contributed by atoms with van der Waals surface area (Å²) in [5, 5.41) is 0. The molecule has 21 heavy (non-hydrogen) atoms. The molecule has 0 N–H and O–H groups in total. The quantitative estimate of drug-likeness (QED) is 0.793. The summed E-state index contributed by atoms with van der Waals surface area (Å²) in [6.45, 7) is 5.88. The van der Waals surface area contributed by atoms with Crippen molar-refractivity contribution in [1.82, 2.24) is 9.55 Å². The zero-order valence-corrected chi connectivity index (χ0v) is 14.4.